The number of hydrogen-bond acceptors (Lipinski definition) is 4. The van der Waals surface area contributed by atoms with Gasteiger partial charge < -0.3 is 10.2 Å². The van der Waals surface area contributed by atoms with E-state index in [1.807, 2.05) is 0 Å². The molecule has 2 aliphatic heterocycles. The van der Waals surface area contributed by atoms with E-state index in [1.165, 1.54) is 34.1 Å². The van der Waals surface area contributed by atoms with Crippen LogP contribution >= 0.6 is 0 Å². The summed E-state index contributed by atoms with van der Waals surface area (Å²) >= 11 is 0. The number of benzene rings is 2. The lowest BCUT2D eigenvalue weighted by Crippen LogP contribution is -2.55. The Kier molecular flexibility index (Phi) is 6.88. The average Bonchev–Trinajstić information content (AvgIpc) is 2.82. The van der Waals surface area contributed by atoms with Crippen molar-refractivity contribution in [3.63, 3.8) is 0 Å². The van der Waals surface area contributed by atoms with Crippen LogP contribution in [-0.2, 0) is 9.59 Å². The Morgan fingerprint density at radius 1 is 0.970 bits per heavy atom. The van der Waals surface area contributed by atoms with Gasteiger partial charge in [0.1, 0.15) is 18.9 Å². The summed E-state index contributed by atoms with van der Waals surface area (Å²) in [6.07, 6.45) is 1.08. The Hall–Kier alpha value is -3.46. The van der Waals surface area contributed by atoms with Crippen LogP contribution in [-0.4, -0.2) is 73.5 Å². The van der Waals surface area contributed by atoms with Gasteiger partial charge in [-0.05, 0) is 49.4 Å². The monoisotopic (exact) mass is 453 g/mol. The molecule has 2 aromatic carbocycles. The summed E-state index contributed by atoms with van der Waals surface area (Å²) in [5.74, 6) is -0.835. The molecule has 0 atom stereocenters. The first-order chi connectivity index (χ1) is 16.0. The molecule has 2 aromatic rings. The third kappa shape index (κ3) is 5.14. The van der Waals surface area contributed by atoms with Gasteiger partial charge in [0.15, 0.2) is 0 Å². The smallest absolute Gasteiger partial charge is 0.326 e. The van der Waals surface area contributed by atoms with Gasteiger partial charge in [0.2, 0.25) is 11.8 Å². The molecule has 1 fully saturated rings. The summed E-state index contributed by atoms with van der Waals surface area (Å²) in [5, 5.41) is 2.69. The summed E-state index contributed by atoms with van der Waals surface area (Å²) in [6, 6.07) is 11.9. The van der Waals surface area contributed by atoms with Crippen LogP contribution in [0.3, 0.4) is 0 Å². The molecule has 174 valence electrons. The zero-order chi connectivity index (χ0) is 23.4. The number of para-hydroxylation sites is 2. The molecule has 8 nitrogen and oxygen atoms in total. The van der Waals surface area contributed by atoms with E-state index in [0.29, 0.717) is 30.2 Å². The lowest BCUT2D eigenvalue weighted by atomic mass is 10.1. The quantitative estimate of drug-likeness (QED) is 0.756. The van der Waals surface area contributed by atoms with E-state index in [0.717, 1.165) is 26.1 Å². The molecule has 4 rings (SSSR count). The highest BCUT2D eigenvalue weighted by Gasteiger charge is 2.34. The Morgan fingerprint density at radius 3 is 2.30 bits per heavy atom. The maximum absolute atomic E-state index is 13.2. The molecule has 0 aliphatic carbocycles. The van der Waals surface area contributed by atoms with Gasteiger partial charge in [0, 0.05) is 31.9 Å². The van der Waals surface area contributed by atoms with Crippen LogP contribution < -0.4 is 15.1 Å². The van der Waals surface area contributed by atoms with Crippen molar-refractivity contribution in [2.75, 3.05) is 60.9 Å². The molecule has 0 bridgehead atoms. The number of piperazine rings is 1. The van der Waals surface area contributed by atoms with E-state index in [4.69, 9.17) is 0 Å². The van der Waals surface area contributed by atoms with Crippen LogP contribution in [0.4, 0.5) is 26.2 Å². The lowest BCUT2D eigenvalue weighted by Gasteiger charge is -2.38. The van der Waals surface area contributed by atoms with Gasteiger partial charge in [-0.15, -0.1) is 0 Å². The number of carbonyl (C=O) groups is 3. The van der Waals surface area contributed by atoms with Gasteiger partial charge in [-0.2, -0.15) is 0 Å². The van der Waals surface area contributed by atoms with Crippen LogP contribution in [0.5, 0.6) is 0 Å². The number of hydrogen-bond donors (Lipinski definition) is 1. The minimum atomic E-state index is -0.500. The number of anilines is 3. The first kappa shape index (κ1) is 22.7. The fourth-order valence-electron chi connectivity index (χ4n) is 4.21. The van der Waals surface area contributed by atoms with Gasteiger partial charge in [0.25, 0.3) is 0 Å². The van der Waals surface area contributed by atoms with Gasteiger partial charge >= 0.3 is 6.03 Å². The molecule has 0 saturated carbocycles. The number of nitrogens with one attached hydrogen (secondary N) is 1. The zero-order valence-electron chi connectivity index (χ0n) is 18.7. The minimum Gasteiger partial charge on any atom is -0.339 e. The second-order valence-electron chi connectivity index (χ2n) is 8.21. The topological polar surface area (TPSA) is 76.2 Å². The van der Waals surface area contributed by atoms with E-state index in [1.54, 1.807) is 29.2 Å². The van der Waals surface area contributed by atoms with Crippen molar-refractivity contribution in [2.45, 2.75) is 13.3 Å². The van der Waals surface area contributed by atoms with Crippen LogP contribution in [0.1, 0.15) is 13.3 Å². The van der Waals surface area contributed by atoms with Gasteiger partial charge in [0.05, 0.1) is 11.4 Å². The SMILES string of the molecule is CCCN1CCN(C(=O)CN2C(=O)CN(C(=O)Nc3ccc(F)cc3)c3ccccc32)CC1. The molecule has 1 saturated heterocycles. The maximum atomic E-state index is 13.2. The Labute approximate surface area is 192 Å². The summed E-state index contributed by atoms with van der Waals surface area (Å²) in [5.41, 5.74) is 1.48. The van der Waals surface area contributed by atoms with Crippen LogP contribution in [0.15, 0.2) is 48.5 Å². The minimum absolute atomic E-state index is 0.0585. The second kappa shape index (κ2) is 9.99. The molecular formula is C24H28FN5O3. The van der Waals surface area contributed by atoms with Crippen LogP contribution in [0.25, 0.3) is 0 Å². The number of nitrogens with zero attached hydrogens (tertiary/aromatic N) is 4. The normalized spacial score (nSPS) is 16.5. The van der Waals surface area contributed by atoms with E-state index in [-0.39, 0.29) is 24.9 Å². The molecule has 9 heteroatoms. The molecule has 2 aliphatic rings. The van der Waals surface area contributed by atoms with Gasteiger partial charge in [-0.25, -0.2) is 9.18 Å². The third-order valence-corrected chi connectivity index (χ3v) is 5.96. The summed E-state index contributed by atoms with van der Waals surface area (Å²) in [6.45, 7) is 5.88. The Morgan fingerprint density at radius 2 is 1.64 bits per heavy atom. The maximum Gasteiger partial charge on any atom is 0.326 e. The fraction of sp³-hybridized carbons (Fsp3) is 0.375. The summed E-state index contributed by atoms with van der Waals surface area (Å²) in [7, 11) is 0. The van der Waals surface area contributed by atoms with Crippen LogP contribution in [0, 0.1) is 5.82 Å². The van der Waals surface area contributed by atoms with Crippen molar-refractivity contribution >= 4 is 34.9 Å². The first-order valence-electron chi connectivity index (χ1n) is 11.2. The number of amides is 4. The third-order valence-electron chi connectivity index (χ3n) is 5.96. The van der Waals surface area contributed by atoms with E-state index in [9.17, 15) is 18.8 Å². The van der Waals surface area contributed by atoms with Crippen molar-refractivity contribution in [3.05, 3.63) is 54.3 Å². The van der Waals surface area contributed by atoms with Crippen molar-refractivity contribution in [3.8, 4) is 0 Å². The number of carbonyl (C=O) groups excluding carboxylic acids is 3. The number of rotatable bonds is 5. The number of fused-ring (bicyclic) bond motifs is 1. The largest absolute Gasteiger partial charge is 0.339 e. The first-order valence-corrected chi connectivity index (χ1v) is 11.2. The highest BCUT2D eigenvalue weighted by atomic mass is 19.1. The van der Waals surface area contributed by atoms with E-state index >= 15 is 0 Å². The molecule has 0 radical (unpaired) electrons. The predicted molar refractivity (Wildman–Crippen MR) is 125 cm³/mol. The van der Waals surface area contributed by atoms with Gasteiger partial charge in [-0.1, -0.05) is 19.1 Å². The van der Waals surface area contributed by atoms with E-state index in [2.05, 4.69) is 17.1 Å². The fourth-order valence-corrected chi connectivity index (χ4v) is 4.21. The number of halogens is 1. The molecule has 2 heterocycles. The average molecular weight is 454 g/mol. The number of urea groups is 1. The molecule has 4 amide bonds. The summed E-state index contributed by atoms with van der Waals surface area (Å²) in [4.78, 5) is 45.8. The lowest BCUT2D eigenvalue weighted by molar-refractivity contribution is -0.132. The Balaban J connectivity index is 1.46. The molecule has 1 N–H and O–H groups in total. The highest BCUT2D eigenvalue weighted by molar-refractivity contribution is 6.15. The van der Waals surface area contributed by atoms with Crippen molar-refractivity contribution in [1.82, 2.24) is 9.80 Å². The van der Waals surface area contributed by atoms with Crippen molar-refractivity contribution < 1.29 is 18.8 Å². The second-order valence-corrected chi connectivity index (χ2v) is 8.21. The predicted octanol–water partition coefficient (Wildman–Crippen LogP) is 2.77. The molecule has 33 heavy (non-hydrogen) atoms. The van der Waals surface area contributed by atoms with Gasteiger partial charge in [-0.3, -0.25) is 24.3 Å². The van der Waals surface area contributed by atoms with Crippen LogP contribution in [0.2, 0.25) is 0 Å². The summed E-state index contributed by atoms with van der Waals surface area (Å²) < 4.78 is 13.2. The van der Waals surface area contributed by atoms with Crippen molar-refractivity contribution in [2.24, 2.45) is 0 Å². The molecular weight excluding hydrogens is 425 g/mol. The zero-order valence-corrected chi connectivity index (χ0v) is 18.7. The highest BCUT2D eigenvalue weighted by Crippen LogP contribution is 2.33. The molecule has 0 aromatic heterocycles. The molecule has 0 unspecified atom stereocenters. The molecule has 0 spiro atoms. The Bertz CT molecular complexity index is 1020. The standard InChI is InChI=1S/C24H28FN5O3/c1-2-11-27-12-14-28(15-13-27)22(31)16-29-20-5-3-4-6-21(20)30(17-23(29)32)24(33)26-19-9-7-18(25)8-10-19/h3-10H,2,11-17H2,1H3,(H,26,33). The van der Waals surface area contributed by atoms with Crippen molar-refractivity contribution in [1.29, 1.82) is 0 Å². The van der Waals surface area contributed by atoms with E-state index < -0.39 is 11.8 Å².